The number of hydrogen-bond donors (Lipinski definition) is 1. The zero-order valence-corrected chi connectivity index (χ0v) is 11.9. The first-order valence-corrected chi connectivity index (χ1v) is 7.05. The van der Waals surface area contributed by atoms with E-state index in [0.29, 0.717) is 0 Å². The van der Waals surface area contributed by atoms with Gasteiger partial charge in [0.05, 0.1) is 11.1 Å². The van der Waals surface area contributed by atoms with Gasteiger partial charge in [0.2, 0.25) is 5.91 Å². The van der Waals surface area contributed by atoms with Gasteiger partial charge >= 0.3 is 0 Å². The van der Waals surface area contributed by atoms with Crippen molar-refractivity contribution < 1.29 is 4.79 Å². The Labute approximate surface area is 111 Å². The van der Waals surface area contributed by atoms with Crippen LogP contribution in [-0.4, -0.2) is 5.91 Å². The monoisotopic (exact) mass is 295 g/mol. The first-order valence-electron chi connectivity index (χ1n) is 6.26. The minimum Gasteiger partial charge on any atom is -0.324 e. The number of benzene rings is 1. The van der Waals surface area contributed by atoms with Crippen molar-refractivity contribution >= 4 is 27.5 Å². The van der Waals surface area contributed by atoms with E-state index in [1.165, 1.54) is 5.56 Å². The first kappa shape index (κ1) is 12.6. The van der Waals surface area contributed by atoms with Crippen molar-refractivity contribution in [3.05, 3.63) is 28.2 Å². The van der Waals surface area contributed by atoms with E-state index < -0.39 is 0 Å². The Balaban J connectivity index is 2.54. The van der Waals surface area contributed by atoms with Crippen molar-refractivity contribution in [2.75, 3.05) is 5.32 Å². The SMILES string of the molecule is CCCC1(CCC)C(=O)Nc2c(Br)cccc21. The summed E-state index contributed by atoms with van der Waals surface area (Å²) >= 11 is 3.51. The third-order valence-corrected chi connectivity index (χ3v) is 4.22. The summed E-state index contributed by atoms with van der Waals surface area (Å²) in [4.78, 5) is 12.4. The fourth-order valence-electron chi connectivity index (χ4n) is 2.88. The quantitative estimate of drug-likeness (QED) is 0.884. The molecule has 1 aliphatic heterocycles. The second-order valence-corrected chi connectivity index (χ2v) is 5.55. The van der Waals surface area contributed by atoms with E-state index in [-0.39, 0.29) is 11.3 Å². The van der Waals surface area contributed by atoms with Crippen molar-refractivity contribution in [2.45, 2.75) is 44.9 Å². The molecule has 0 spiro atoms. The summed E-state index contributed by atoms with van der Waals surface area (Å²) < 4.78 is 0.984. The maximum atomic E-state index is 12.4. The highest BCUT2D eigenvalue weighted by Crippen LogP contribution is 2.46. The molecule has 2 rings (SSSR count). The Morgan fingerprint density at radius 3 is 2.47 bits per heavy atom. The molecule has 0 aromatic heterocycles. The predicted octanol–water partition coefficient (Wildman–Crippen LogP) is 4.24. The minimum atomic E-state index is -0.303. The molecule has 0 radical (unpaired) electrons. The number of para-hydroxylation sites is 1. The number of carbonyl (C=O) groups excluding carboxylic acids is 1. The average molecular weight is 296 g/mol. The molecule has 0 atom stereocenters. The lowest BCUT2D eigenvalue weighted by Crippen LogP contribution is -2.34. The van der Waals surface area contributed by atoms with Crippen LogP contribution in [-0.2, 0) is 10.2 Å². The molecule has 3 heteroatoms. The summed E-state index contributed by atoms with van der Waals surface area (Å²) in [6, 6.07) is 6.08. The average Bonchev–Trinajstić information content (AvgIpc) is 2.56. The molecule has 0 aliphatic carbocycles. The topological polar surface area (TPSA) is 29.1 Å². The molecule has 1 heterocycles. The van der Waals surface area contributed by atoms with E-state index in [1.807, 2.05) is 12.1 Å². The van der Waals surface area contributed by atoms with E-state index in [0.717, 1.165) is 35.8 Å². The summed E-state index contributed by atoms with van der Waals surface area (Å²) in [5, 5.41) is 3.04. The van der Waals surface area contributed by atoms with Crippen LogP contribution in [0.1, 0.15) is 45.1 Å². The predicted molar refractivity (Wildman–Crippen MR) is 74.3 cm³/mol. The van der Waals surface area contributed by atoms with Gasteiger partial charge in [-0.05, 0) is 40.4 Å². The van der Waals surface area contributed by atoms with Crippen LogP contribution in [0.15, 0.2) is 22.7 Å². The fraction of sp³-hybridized carbons (Fsp3) is 0.500. The van der Waals surface area contributed by atoms with Gasteiger partial charge in [-0.25, -0.2) is 0 Å². The number of nitrogens with one attached hydrogen (secondary N) is 1. The fourth-order valence-corrected chi connectivity index (χ4v) is 3.35. The number of rotatable bonds is 4. The normalized spacial score (nSPS) is 16.8. The second kappa shape index (κ2) is 4.81. The van der Waals surface area contributed by atoms with Gasteiger partial charge in [0.15, 0.2) is 0 Å². The van der Waals surface area contributed by atoms with E-state index in [1.54, 1.807) is 0 Å². The summed E-state index contributed by atoms with van der Waals surface area (Å²) in [7, 11) is 0. The van der Waals surface area contributed by atoms with Crippen molar-refractivity contribution in [1.82, 2.24) is 0 Å². The van der Waals surface area contributed by atoms with Crippen molar-refractivity contribution in [3.8, 4) is 0 Å². The molecule has 1 aromatic rings. The highest BCUT2D eigenvalue weighted by Gasteiger charge is 2.45. The Kier molecular flexibility index (Phi) is 3.57. The molecule has 2 nitrogen and oxygen atoms in total. The lowest BCUT2D eigenvalue weighted by molar-refractivity contribution is -0.121. The molecule has 0 fully saturated rings. The first-order chi connectivity index (χ1) is 8.15. The molecule has 0 unspecified atom stereocenters. The molecule has 1 amide bonds. The van der Waals surface area contributed by atoms with Crippen LogP contribution >= 0.6 is 15.9 Å². The third kappa shape index (κ3) is 1.90. The Morgan fingerprint density at radius 1 is 1.24 bits per heavy atom. The zero-order chi connectivity index (χ0) is 12.5. The van der Waals surface area contributed by atoms with Gasteiger partial charge in [-0.3, -0.25) is 4.79 Å². The van der Waals surface area contributed by atoms with Gasteiger partial charge in [-0.1, -0.05) is 38.8 Å². The number of anilines is 1. The van der Waals surface area contributed by atoms with Crippen molar-refractivity contribution in [3.63, 3.8) is 0 Å². The van der Waals surface area contributed by atoms with Crippen LogP contribution < -0.4 is 5.32 Å². The summed E-state index contributed by atoms with van der Waals surface area (Å²) in [6.07, 6.45) is 3.91. The van der Waals surface area contributed by atoms with Gasteiger partial charge in [0.1, 0.15) is 0 Å². The van der Waals surface area contributed by atoms with Crippen molar-refractivity contribution in [2.24, 2.45) is 0 Å². The third-order valence-electron chi connectivity index (χ3n) is 3.56. The molecule has 0 saturated carbocycles. The minimum absolute atomic E-state index is 0.170. The van der Waals surface area contributed by atoms with Crippen LogP contribution in [0.2, 0.25) is 0 Å². The number of fused-ring (bicyclic) bond motifs is 1. The molecule has 1 N–H and O–H groups in total. The van der Waals surface area contributed by atoms with Gasteiger partial charge in [0.25, 0.3) is 0 Å². The lowest BCUT2D eigenvalue weighted by Gasteiger charge is -2.26. The van der Waals surface area contributed by atoms with Crippen LogP contribution in [0.25, 0.3) is 0 Å². The maximum Gasteiger partial charge on any atom is 0.235 e. The van der Waals surface area contributed by atoms with Crippen molar-refractivity contribution in [1.29, 1.82) is 0 Å². The Bertz CT molecular complexity index is 436. The lowest BCUT2D eigenvalue weighted by atomic mass is 9.74. The standard InChI is InChI=1S/C14H18BrNO/c1-3-8-14(9-4-2)10-6-5-7-11(15)12(10)16-13(14)17/h5-7H,3-4,8-9H2,1-2H3,(H,16,17). The van der Waals surface area contributed by atoms with E-state index in [2.05, 4.69) is 41.2 Å². The summed E-state index contributed by atoms with van der Waals surface area (Å²) in [5.74, 6) is 0.170. The van der Waals surface area contributed by atoms with E-state index in [4.69, 9.17) is 0 Å². The Hall–Kier alpha value is -0.830. The van der Waals surface area contributed by atoms with Crippen LogP contribution in [0.3, 0.4) is 0 Å². The highest BCUT2D eigenvalue weighted by molar-refractivity contribution is 9.10. The smallest absolute Gasteiger partial charge is 0.235 e. The molecule has 0 bridgehead atoms. The number of carbonyl (C=O) groups is 1. The van der Waals surface area contributed by atoms with Gasteiger partial charge in [-0.15, -0.1) is 0 Å². The largest absolute Gasteiger partial charge is 0.324 e. The van der Waals surface area contributed by atoms with Crippen LogP contribution in [0.4, 0.5) is 5.69 Å². The number of hydrogen-bond acceptors (Lipinski definition) is 1. The van der Waals surface area contributed by atoms with E-state index in [9.17, 15) is 4.79 Å². The van der Waals surface area contributed by atoms with Gasteiger partial charge in [0, 0.05) is 4.47 Å². The highest BCUT2D eigenvalue weighted by atomic mass is 79.9. The molecular weight excluding hydrogens is 278 g/mol. The van der Waals surface area contributed by atoms with Gasteiger partial charge < -0.3 is 5.32 Å². The Morgan fingerprint density at radius 2 is 1.88 bits per heavy atom. The van der Waals surface area contributed by atoms with Crippen LogP contribution in [0, 0.1) is 0 Å². The van der Waals surface area contributed by atoms with Crippen LogP contribution in [0.5, 0.6) is 0 Å². The molecule has 17 heavy (non-hydrogen) atoms. The molecule has 92 valence electrons. The number of halogens is 1. The van der Waals surface area contributed by atoms with E-state index >= 15 is 0 Å². The maximum absolute atomic E-state index is 12.4. The zero-order valence-electron chi connectivity index (χ0n) is 10.3. The molecule has 0 saturated heterocycles. The summed E-state index contributed by atoms with van der Waals surface area (Å²) in [5.41, 5.74) is 1.84. The van der Waals surface area contributed by atoms with Gasteiger partial charge in [-0.2, -0.15) is 0 Å². The summed E-state index contributed by atoms with van der Waals surface area (Å²) in [6.45, 7) is 4.28. The second-order valence-electron chi connectivity index (χ2n) is 4.70. The molecule has 1 aliphatic rings. The molecular formula is C14H18BrNO. The number of amides is 1. The molecule has 1 aromatic carbocycles.